The van der Waals surface area contributed by atoms with Gasteiger partial charge in [-0.05, 0) is 62.3 Å². The van der Waals surface area contributed by atoms with Crippen LogP contribution in [0.3, 0.4) is 0 Å². The number of aliphatic hydroxyl groups excluding tert-OH is 2. The average molecular weight is 1570 g/mol. The van der Waals surface area contributed by atoms with E-state index >= 15 is 0 Å². The maximum Gasteiger partial charge on any atom is 0.366 e. The lowest BCUT2D eigenvalue weighted by atomic mass is 9.72. The second-order valence-electron chi connectivity index (χ2n) is 30.9. The summed E-state index contributed by atoms with van der Waals surface area (Å²) in [7, 11) is 1.09. The topological polar surface area (TPSA) is 335 Å². The molecule has 2 aromatic rings. The van der Waals surface area contributed by atoms with Gasteiger partial charge in [0.05, 0.1) is 43.7 Å². The quantitative estimate of drug-likeness (QED) is 0.0315. The Bertz CT molecular complexity index is 3100. The number of unbranched alkanes of at least 4 members (excludes halogenated alkanes) is 25. The minimum Gasteiger partial charge on any atom is -0.465 e. The summed E-state index contributed by atoms with van der Waals surface area (Å²) in [5.41, 5.74) is -1.55. The fraction of sp³-hybridized carbons (Fsp3) is 0.753. The molecule has 26 heteroatoms. The van der Waals surface area contributed by atoms with Gasteiger partial charge in [0, 0.05) is 39.5 Å². The molecule has 3 N–H and O–H groups in total. The van der Waals surface area contributed by atoms with Crippen molar-refractivity contribution in [3.63, 3.8) is 0 Å². The maximum absolute atomic E-state index is 14.9. The Morgan fingerprint density at radius 3 is 1.64 bits per heavy atom. The molecule has 626 valence electrons. The standard InChI is InChI=1S/C85H131NO25/c1-11-13-15-17-19-21-23-25-26-27-29-31-33-35-43-49-70(90)86-65-53-102-81-74(94)73(93)77(68(107-81)55-100-71(91)50-51-72(92)105-66(76(65)104-62(8)89)48-42-34-32-30-28-24-22-20-18-16-14-12-2)109-82-78(108-80(96)64-46-40-37-41-47-64)75(58(4)67(106-82)54-101-79(95)63-44-38-36-39-45-63)110-85(83(97)98-10)52-57(3)59(5)84(9,111-85)69(103-61(7)88)56-99-60(6)87/h36-41,44-47,57-59,65-69,73-78,81-82,93-94H,11-35,42-43,48-56H2,1-10H3,(H,86,90)/t57?,58?,59-,65+,66-,67?,68+,69-,73?,74?,75?,76+,77?,78?,81?,82?,84+,85-/m1/s1. The Hall–Kier alpha value is -6.65. The largest absolute Gasteiger partial charge is 0.465 e. The third-order valence-corrected chi connectivity index (χ3v) is 21.9. The summed E-state index contributed by atoms with van der Waals surface area (Å²) < 4.78 is 87.6. The van der Waals surface area contributed by atoms with Gasteiger partial charge < -0.3 is 81.8 Å². The second kappa shape index (κ2) is 49.9. The van der Waals surface area contributed by atoms with E-state index in [-0.39, 0.29) is 30.4 Å². The third-order valence-electron chi connectivity index (χ3n) is 21.9. The number of nitrogens with one attached hydrogen (secondary N) is 1. The van der Waals surface area contributed by atoms with Crippen molar-refractivity contribution in [3.8, 4) is 0 Å². The summed E-state index contributed by atoms with van der Waals surface area (Å²) in [6, 6.07) is 14.5. The molecule has 0 spiro atoms. The third kappa shape index (κ3) is 30.9. The first-order valence-corrected chi connectivity index (χ1v) is 41.4. The van der Waals surface area contributed by atoms with Gasteiger partial charge in [-0.3, -0.25) is 28.8 Å². The zero-order valence-electron chi connectivity index (χ0n) is 67.8. The predicted molar refractivity (Wildman–Crippen MR) is 409 cm³/mol. The predicted octanol–water partition coefficient (Wildman–Crippen LogP) is 13.5. The number of benzene rings is 2. The number of carbonyl (C=O) groups excluding carboxylic acids is 9. The maximum atomic E-state index is 14.9. The molecular weight excluding hydrogens is 1430 g/mol. The molecule has 0 aromatic heterocycles. The first-order valence-electron chi connectivity index (χ1n) is 41.4. The molecule has 4 heterocycles. The number of carbonyl (C=O) groups is 9. The molecule has 2 bridgehead atoms. The molecule has 1 amide bonds. The van der Waals surface area contributed by atoms with Crippen molar-refractivity contribution in [1.29, 1.82) is 0 Å². The SMILES string of the molecule is CCCCCCCCCCCCCCCCCC(=O)N[C@H]1COC2O[C@@H](COC(=O)CCC(=O)O[C@H](CCCCCCCCCCCCCC)[C@H]1OC(C)=O)C(OC1OC(COC(=O)c3ccccc3)C(C)C(O[C@]3(C(=O)OC)CC(C)[C@@H](C)[C@@](C)([C@@H](COC(C)=O)OC(C)=O)O3)C1OC(=O)c1ccccc1)C(O)C2O. The summed E-state index contributed by atoms with van der Waals surface area (Å²) in [6.07, 6.45) is 8.29. The van der Waals surface area contributed by atoms with Crippen molar-refractivity contribution in [2.45, 2.75) is 359 Å². The zero-order valence-corrected chi connectivity index (χ0v) is 67.8. The molecule has 4 fully saturated rings. The summed E-state index contributed by atoms with van der Waals surface area (Å²) in [5, 5.41) is 28.1. The number of hydrogen-bond acceptors (Lipinski definition) is 25. The second-order valence-corrected chi connectivity index (χ2v) is 30.9. The molecule has 26 nitrogen and oxygen atoms in total. The van der Waals surface area contributed by atoms with Crippen LogP contribution in [0.1, 0.15) is 288 Å². The fourth-order valence-electron chi connectivity index (χ4n) is 15.2. The van der Waals surface area contributed by atoms with Crippen LogP contribution >= 0.6 is 0 Å². The zero-order chi connectivity index (χ0) is 80.7. The normalized spacial score (nSPS) is 28.2. The molecule has 4 aliphatic heterocycles. The molecule has 10 unspecified atom stereocenters. The average Bonchev–Trinajstić information content (AvgIpc) is 0.740. The van der Waals surface area contributed by atoms with Crippen LogP contribution in [-0.2, 0) is 99.9 Å². The highest BCUT2D eigenvalue weighted by atomic mass is 16.8. The number of esters is 8. The molecule has 0 radical (unpaired) electrons. The van der Waals surface area contributed by atoms with E-state index < -0.39 is 202 Å². The highest BCUT2D eigenvalue weighted by Crippen LogP contribution is 2.49. The van der Waals surface area contributed by atoms with Crippen molar-refractivity contribution in [3.05, 3.63) is 71.8 Å². The number of methoxy groups -OCH3 is 1. The number of amides is 1. The number of cyclic esters (lactones) is 2. The van der Waals surface area contributed by atoms with Crippen LogP contribution in [0.2, 0.25) is 0 Å². The fourth-order valence-corrected chi connectivity index (χ4v) is 15.2. The minimum absolute atomic E-state index is 0.0167. The van der Waals surface area contributed by atoms with Gasteiger partial charge in [0.25, 0.3) is 5.79 Å². The summed E-state index contributed by atoms with van der Waals surface area (Å²) in [5.74, 6) is -12.1. The Morgan fingerprint density at radius 2 is 1.11 bits per heavy atom. The molecule has 2 aromatic carbocycles. The Labute approximate surface area is 657 Å². The number of ether oxygens (including phenoxy) is 14. The van der Waals surface area contributed by atoms with E-state index in [4.69, 9.17) is 66.3 Å². The highest BCUT2D eigenvalue weighted by molar-refractivity contribution is 5.90. The van der Waals surface area contributed by atoms with Crippen LogP contribution in [0.4, 0.5) is 0 Å². The van der Waals surface area contributed by atoms with Crippen molar-refractivity contribution in [2.24, 2.45) is 17.8 Å². The molecule has 0 saturated carbocycles. The van der Waals surface area contributed by atoms with E-state index in [1.807, 2.05) is 0 Å². The highest BCUT2D eigenvalue weighted by Gasteiger charge is 2.63. The lowest BCUT2D eigenvalue weighted by molar-refractivity contribution is -0.390. The van der Waals surface area contributed by atoms with Crippen molar-refractivity contribution in [2.75, 3.05) is 33.5 Å². The number of aliphatic hydroxyl groups is 2. The number of rotatable bonds is 45. The Balaban J connectivity index is 1.35. The molecule has 4 aliphatic rings. The molecule has 4 saturated heterocycles. The van der Waals surface area contributed by atoms with Gasteiger partial charge in [-0.15, -0.1) is 0 Å². The molecule has 0 aliphatic carbocycles. The van der Waals surface area contributed by atoms with Gasteiger partial charge in [0.1, 0.15) is 68.1 Å². The molecule has 6 rings (SSSR count). The van der Waals surface area contributed by atoms with Crippen molar-refractivity contribution < 1.29 is 120 Å². The number of fused-ring (bicyclic) bond motifs is 2. The van der Waals surface area contributed by atoms with Crippen LogP contribution in [0.5, 0.6) is 0 Å². The Morgan fingerprint density at radius 1 is 0.577 bits per heavy atom. The van der Waals surface area contributed by atoms with E-state index in [2.05, 4.69) is 19.2 Å². The van der Waals surface area contributed by atoms with Gasteiger partial charge in [-0.25, -0.2) is 14.4 Å². The van der Waals surface area contributed by atoms with Crippen LogP contribution < -0.4 is 5.32 Å². The Kier molecular flexibility index (Phi) is 41.9. The van der Waals surface area contributed by atoms with Gasteiger partial charge >= 0.3 is 47.8 Å². The van der Waals surface area contributed by atoms with Crippen LogP contribution in [0, 0.1) is 17.8 Å². The molecule has 18 atom stereocenters. The lowest BCUT2D eigenvalue weighted by Crippen LogP contribution is -2.69. The van der Waals surface area contributed by atoms with Crippen LogP contribution in [-0.4, -0.2) is 188 Å². The first kappa shape index (κ1) is 93.2. The van der Waals surface area contributed by atoms with Crippen LogP contribution in [0.15, 0.2) is 60.7 Å². The van der Waals surface area contributed by atoms with E-state index in [0.29, 0.717) is 12.8 Å². The summed E-state index contributed by atoms with van der Waals surface area (Å²) in [4.78, 5) is 124. The lowest BCUT2D eigenvalue weighted by Gasteiger charge is -2.55. The summed E-state index contributed by atoms with van der Waals surface area (Å²) in [6.45, 7) is 12.2. The van der Waals surface area contributed by atoms with Crippen molar-refractivity contribution >= 4 is 53.7 Å². The van der Waals surface area contributed by atoms with E-state index in [1.54, 1.807) is 64.1 Å². The van der Waals surface area contributed by atoms with E-state index in [1.165, 1.54) is 128 Å². The van der Waals surface area contributed by atoms with Gasteiger partial charge in [0.2, 0.25) is 5.91 Å². The molecule has 111 heavy (non-hydrogen) atoms. The van der Waals surface area contributed by atoms with Gasteiger partial charge in [-0.1, -0.05) is 232 Å². The summed E-state index contributed by atoms with van der Waals surface area (Å²) >= 11 is 0. The number of hydrogen-bond donors (Lipinski definition) is 3. The smallest absolute Gasteiger partial charge is 0.366 e. The minimum atomic E-state index is -2.52. The van der Waals surface area contributed by atoms with Crippen LogP contribution in [0.25, 0.3) is 0 Å². The van der Waals surface area contributed by atoms with Crippen molar-refractivity contribution in [1.82, 2.24) is 5.32 Å². The van der Waals surface area contributed by atoms with Gasteiger partial charge in [0.15, 0.2) is 30.9 Å². The van der Waals surface area contributed by atoms with E-state index in [0.717, 1.165) is 85.2 Å². The first-order chi connectivity index (χ1) is 53.3. The van der Waals surface area contributed by atoms with E-state index in [9.17, 15) is 53.4 Å². The van der Waals surface area contributed by atoms with Gasteiger partial charge in [-0.2, -0.15) is 0 Å². The molecular formula is C85H131NO25. The monoisotopic (exact) mass is 1570 g/mol.